The average Bonchev–Trinajstić information content (AvgIpc) is 3.74. The van der Waals surface area contributed by atoms with Crippen LogP contribution in [0.15, 0.2) is 147 Å². The van der Waals surface area contributed by atoms with Gasteiger partial charge in [0.2, 0.25) is 0 Å². The van der Waals surface area contributed by atoms with Gasteiger partial charge in [-0.2, -0.15) is 0 Å². The maximum absolute atomic E-state index is 6.64. The largest absolute Gasteiger partial charge is 0.458 e. The maximum Gasteiger partial charge on any atom is 0.140 e. The Kier molecular flexibility index (Phi) is 6.17. The number of hydrogen-bond donors (Lipinski definition) is 3. The van der Waals surface area contributed by atoms with E-state index in [-0.39, 0.29) is 24.3 Å². The first-order valence-electron chi connectivity index (χ1n) is 16.6. The molecule has 232 valence electrons. The normalized spacial score (nSPS) is 21.7. The van der Waals surface area contributed by atoms with E-state index in [4.69, 9.17) is 13.8 Å². The summed E-state index contributed by atoms with van der Waals surface area (Å²) in [5.41, 5.74) is 9.57. The molecule has 6 nitrogen and oxygen atoms in total. The van der Waals surface area contributed by atoms with Gasteiger partial charge in [-0.3, -0.25) is 5.32 Å². The fourth-order valence-electron chi connectivity index (χ4n) is 7.73. The van der Waals surface area contributed by atoms with Crippen LogP contribution in [0.1, 0.15) is 45.8 Å². The Bertz CT molecular complexity index is 2450. The van der Waals surface area contributed by atoms with Crippen molar-refractivity contribution >= 4 is 50.4 Å². The molecule has 3 N–H and O–H groups in total. The van der Waals surface area contributed by atoms with Crippen LogP contribution in [0.2, 0.25) is 0 Å². The van der Waals surface area contributed by atoms with Gasteiger partial charge in [-0.1, -0.05) is 115 Å². The summed E-state index contributed by atoms with van der Waals surface area (Å²) < 4.78 is 13.0. The van der Waals surface area contributed by atoms with E-state index in [0.29, 0.717) is 0 Å². The second-order valence-corrected chi connectivity index (χ2v) is 12.8. The number of para-hydroxylation sites is 2. The van der Waals surface area contributed by atoms with Gasteiger partial charge in [-0.25, -0.2) is 4.99 Å². The zero-order valence-electron chi connectivity index (χ0n) is 26.1. The number of benzene rings is 5. The second kappa shape index (κ2) is 10.9. The van der Waals surface area contributed by atoms with Crippen LogP contribution in [0.25, 0.3) is 44.6 Å². The third kappa shape index (κ3) is 4.33. The molecule has 0 fully saturated rings. The molecule has 5 aromatic carbocycles. The standard InChI is InChI=1S/C42H32N4O2/c1-2-12-26(13-3-1)38-39-37(30-16-7-9-19-34(30)48-39)32(24-43-38)42-45-40(28-22-21-25-11-4-5-14-27(25)23-28)44-41(46-42)31-17-10-20-35-36(31)29-15-6-8-18-33(29)47-35/h1-22,24,28,38,40-41,43-44H,23H2,(H,45,46). The van der Waals surface area contributed by atoms with Crippen molar-refractivity contribution in [3.63, 3.8) is 0 Å². The number of furan rings is 2. The zero-order chi connectivity index (χ0) is 31.6. The van der Waals surface area contributed by atoms with Crippen molar-refractivity contribution in [2.24, 2.45) is 10.9 Å². The van der Waals surface area contributed by atoms with Crippen molar-refractivity contribution < 1.29 is 8.83 Å². The molecule has 0 bridgehead atoms. The molecule has 7 aromatic rings. The molecular formula is C42H32N4O2. The minimum Gasteiger partial charge on any atom is -0.458 e. The van der Waals surface area contributed by atoms with Crippen LogP contribution in [0.5, 0.6) is 0 Å². The van der Waals surface area contributed by atoms with E-state index >= 15 is 0 Å². The van der Waals surface area contributed by atoms with E-state index in [1.165, 1.54) is 11.1 Å². The Morgan fingerprint density at radius 3 is 2.33 bits per heavy atom. The number of rotatable bonds is 4. The molecule has 0 saturated carbocycles. The monoisotopic (exact) mass is 624 g/mol. The van der Waals surface area contributed by atoms with Crippen LogP contribution in [0.3, 0.4) is 0 Å². The summed E-state index contributed by atoms with van der Waals surface area (Å²) >= 11 is 0. The van der Waals surface area contributed by atoms with Crippen molar-refractivity contribution in [2.75, 3.05) is 0 Å². The van der Waals surface area contributed by atoms with Gasteiger partial charge in [0.05, 0.1) is 0 Å². The molecule has 4 heterocycles. The van der Waals surface area contributed by atoms with Gasteiger partial charge in [0.15, 0.2) is 0 Å². The van der Waals surface area contributed by atoms with Crippen molar-refractivity contribution in [1.82, 2.24) is 16.0 Å². The molecule has 0 amide bonds. The summed E-state index contributed by atoms with van der Waals surface area (Å²) in [7, 11) is 0. The predicted molar refractivity (Wildman–Crippen MR) is 192 cm³/mol. The van der Waals surface area contributed by atoms with Crippen LogP contribution >= 0.6 is 0 Å². The van der Waals surface area contributed by atoms with Crippen LogP contribution in [0.4, 0.5) is 0 Å². The molecule has 2 aromatic heterocycles. The molecular weight excluding hydrogens is 592 g/mol. The fraction of sp³-hybridized carbons (Fsp3) is 0.119. The van der Waals surface area contributed by atoms with E-state index in [1.807, 2.05) is 30.3 Å². The average molecular weight is 625 g/mol. The molecule has 2 aliphatic heterocycles. The molecule has 4 atom stereocenters. The zero-order valence-corrected chi connectivity index (χ0v) is 26.1. The third-order valence-corrected chi connectivity index (χ3v) is 10.0. The Morgan fingerprint density at radius 2 is 1.44 bits per heavy atom. The summed E-state index contributed by atoms with van der Waals surface area (Å²) in [6.45, 7) is 0. The van der Waals surface area contributed by atoms with Gasteiger partial charge < -0.3 is 19.5 Å². The van der Waals surface area contributed by atoms with Crippen molar-refractivity contribution in [2.45, 2.75) is 24.8 Å². The highest BCUT2D eigenvalue weighted by molar-refractivity contribution is 6.26. The van der Waals surface area contributed by atoms with Crippen molar-refractivity contribution in [3.05, 3.63) is 167 Å². The third-order valence-electron chi connectivity index (χ3n) is 10.0. The summed E-state index contributed by atoms with van der Waals surface area (Å²) in [4.78, 5) is 5.46. The van der Waals surface area contributed by atoms with Crippen molar-refractivity contribution in [1.29, 1.82) is 0 Å². The quantitative estimate of drug-likeness (QED) is 0.182. The predicted octanol–water partition coefficient (Wildman–Crippen LogP) is 8.87. The number of hydrogen-bond acceptors (Lipinski definition) is 6. The van der Waals surface area contributed by atoms with E-state index in [0.717, 1.165) is 73.2 Å². The Balaban J connectivity index is 1.13. The summed E-state index contributed by atoms with van der Waals surface area (Å²) in [6.07, 6.45) is 7.17. The molecule has 0 radical (unpaired) electrons. The van der Waals surface area contributed by atoms with E-state index < -0.39 is 0 Å². The maximum atomic E-state index is 6.64. The first-order valence-corrected chi connectivity index (χ1v) is 16.6. The van der Waals surface area contributed by atoms with E-state index in [2.05, 4.69) is 125 Å². The summed E-state index contributed by atoms with van der Waals surface area (Å²) in [6, 6.07) is 41.9. The van der Waals surface area contributed by atoms with Crippen LogP contribution in [-0.2, 0) is 6.42 Å². The molecule has 0 spiro atoms. The molecule has 4 unspecified atom stereocenters. The number of aliphatic imine (C=N–C) groups is 1. The number of nitrogens with zero attached hydrogens (tertiary/aromatic N) is 1. The Hall–Kier alpha value is -5.85. The van der Waals surface area contributed by atoms with E-state index in [9.17, 15) is 0 Å². The van der Waals surface area contributed by atoms with Crippen molar-refractivity contribution in [3.8, 4) is 0 Å². The topological polar surface area (TPSA) is 74.7 Å². The minimum atomic E-state index is -0.230. The Labute approximate surface area is 277 Å². The van der Waals surface area contributed by atoms with Gasteiger partial charge in [-0.05, 0) is 41.3 Å². The highest BCUT2D eigenvalue weighted by Gasteiger charge is 2.36. The van der Waals surface area contributed by atoms with Gasteiger partial charge in [0, 0.05) is 45.0 Å². The first kappa shape index (κ1) is 27.3. The highest BCUT2D eigenvalue weighted by atomic mass is 16.3. The van der Waals surface area contributed by atoms with Gasteiger partial charge >= 0.3 is 0 Å². The van der Waals surface area contributed by atoms with Crippen LogP contribution < -0.4 is 16.0 Å². The molecule has 0 saturated heterocycles. The van der Waals surface area contributed by atoms with Gasteiger partial charge in [0.1, 0.15) is 46.7 Å². The smallest absolute Gasteiger partial charge is 0.140 e. The summed E-state index contributed by atoms with van der Waals surface area (Å²) in [5, 5.41) is 14.7. The first-order chi connectivity index (χ1) is 23.8. The lowest BCUT2D eigenvalue weighted by molar-refractivity contribution is 0.339. The lowest BCUT2D eigenvalue weighted by atomic mass is 9.87. The Morgan fingerprint density at radius 1 is 0.688 bits per heavy atom. The van der Waals surface area contributed by atoms with Crippen LogP contribution in [-0.4, -0.2) is 12.0 Å². The minimum absolute atomic E-state index is 0.116. The lowest BCUT2D eigenvalue weighted by Gasteiger charge is -2.37. The van der Waals surface area contributed by atoms with Crippen LogP contribution in [0, 0.1) is 5.92 Å². The fourth-order valence-corrected chi connectivity index (χ4v) is 7.73. The highest BCUT2D eigenvalue weighted by Crippen LogP contribution is 2.42. The van der Waals surface area contributed by atoms with Gasteiger partial charge in [-0.15, -0.1) is 0 Å². The molecule has 1 aliphatic carbocycles. The van der Waals surface area contributed by atoms with E-state index in [1.54, 1.807) is 0 Å². The molecule has 3 aliphatic rings. The number of nitrogens with one attached hydrogen (secondary N) is 3. The number of fused-ring (bicyclic) bond motifs is 7. The summed E-state index contributed by atoms with van der Waals surface area (Å²) in [5.74, 6) is 1.88. The molecule has 6 heteroatoms. The molecule has 48 heavy (non-hydrogen) atoms. The van der Waals surface area contributed by atoms with Gasteiger partial charge in [0.25, 0.3) is 0 Å². The number of amidine groups is 1. The molecule has 10 rings (SSSR count). The SMILES string of the molecule is C1=CC(C2N=C(C3=CNC(c4ccccc4)c4oc5ccccc5c43)NC(c3cccc4oc5ccccc5c34)N2)Cc2ccccc21. The lowest BCUT2D eigenvalue weighted by Crippen LogP contribution is -2.51. The second-order valence-electron chi connectivity index (χ2n) is 12.8.